The highest BCUT2D eigenvalue weighted by molar-refractivity contribution is 6.31. The van der Waals surface area contributed by atoms with Crippen LogP contribution in [0.1, 0.15) is 23.6 Å². The molecule has 0 unspecified atom stereocenters. The van der Waals surface area contributed by atoms with Crippen molar-refractivity contribution in [1.29, 1.82) is 5.26 Å². The quantitative estimate of drug-likeness (QED) is 0.820. The van der Waals surface area contributed by atoms with Gasteiger partial charge in [-0.25, -0.2) is 4.39 Å². The molecule has 0 spiro atoms. The Morgan fingerprint density at radius 2 is 2.29 bits per heavy atom. The molecule has 1 aromatic rings. The lowest BCUT2D eigenvalue weighted by Crippen LogP contribution is -2.11. The average Bonchev–Trinajstić information content (AvgIpc) is 2.11. The van der Waals surface area contributed by atoms with Crippen LogP contribution in [0.15, 0.2) is 12.1 Å². The van der Waals surface area contributed by atoms with Crippen molar-refractivity contribution in [3.63, 3.8) is 0 Å². The third-order valence-electron chi connectivity index (χ3n) is 1.99. The summed E-state index contributed by atoms with van der Waals surface area (Å²) in [4.78, 5) is 0. The molecule has 0 saturated carbocycles. The molecule has 2 N–H and O–H groups in total. The van der Waals surface area contributed by atoms with Gasteiger partial charge in [-0.1, -0.05) is 17.7 Å². The Balaban J connectivity index is 3.10. The fourth-order valence-electron chi connectivity index (χ4n) is 1.17. The highest BCUT2D eigenvalue weighted by Gasteiger charge is 2.12. The molecule has 0 aliphatic rings. The van der Waals surface area contributed by atoms with Crippen LogP contribution >= 0.6 is 11.6 Å². The van der Waals surface area contributed by atoms with Gasteiger partial charge in [-0.3, -0.25) is 0 Å². The van der Waals surface area contributed by atoms with E-state index in [1.165, 1.54) is 6.07 Å². The molecule has 4 heteroatoms. The first-order valence-corrected chi connectivity index (χ1v) is 4.52. The van der Waals surface area contributed by atoms with E-state index in [9.17, 15) is 4.39 Å². The van der Waals surface area contributed by atoms with Gasteiger partial charge in [0.15, 0.2) is 0 Å². The number of aryl methyl sites for hydroxylation is 1. The number of halogens is 2. The third-order valence-corrected chi connectivity index (χ3v) is 2.40. The number of rotatable bonds is 2. The summed E-state index contributed by atoms with van der Waals surface area (Å²) in [6.07, 6.45) is 0.0952. The molecule has 1 rings (SSSR count). The normalized spacial score (nSPS) is 12.2. The van der Waals surface area contributed by atoms with Crippen molar-refractivity contribution in [3.05, 3.63) is 34.1 Å². The molecule has 0 aliphatic heterocycles. The highest BCUT2D eigenvalue weighted by Crippen LogP contribution is 2.24. The van der Waals surface area contributed by atoms with Crippen molar-refractivity contribution in [2.45, 2.75) is 19.4 Å². The summed E-state index contributed by atoms with van der Waals surface area (Å²) in [7, 11) is 0. The zero-order valence-corrected chi connectivity index (χ0v) is 8.48. The maximum Gasteiger partial charge on any atom is 0.129 e. The molecule has 0 aromatic heterocycles. The number of nitriles is 1. The van der Waals surface area contributed by atoms with E-state index in [4.69, 9.17) is 22.6 Å². The smallest absolute Gasteiger partial charge is 0.129 e. The number of benzene rings is 1. The minimum Gasteiger partial charge on any atom is -0.323 e. The van der Waals surface area contributed by atoms with Gasteiger partial charge in [0.25, 0.3) is 0 Å². The SMILES string of the molecule is Cc1cc([C@H](N)CC#N)c(F)cc1Cl. The van der Waals surface area contributed by atoms with Crippen molar-refractivity contribution < 1.29 is 4.39 Å². The van der Waals surface area contributed by atoms with Gasteiger partial charge in [0.1, 0.15) is 5.82 Å². The van der Waals surface area contributed by atoms with Crippen LogP contribution in [0.3, 0.4) is 0 Å². The van der Waals surface area contributed by atoms with E-state index in [2.05, 4.69) is 0 Å². The Kier molecular flexibility index (Phi) is 3.45. The van der Waals surface area contributed by atoms with Gasteiger partial charge >= 0.3 is 0 Å². The molecule has 0 fully saturated rings. The Labute approximate surface area is 87.1 Å². The molecule has 14 heavy (non-hydrogen) atoms. The summed E-state index contributed by atoms with van der Waals surface area (Å²) in [5, 5.41) is 8.81. The second-order valence-corrected chi connectivity index (χ2v) is 3.50. The van der Waals surface area contributed by atoms with Crippen LogP contribution in [0.2, 0.25) is 5.02 Å². The summed E-state index contributed by atoms with van der Waals surface area (Å²) in [5.41, 5.74) is 6.72. The molecule has 0 bridgehead atoms. The van der Waals surface area contributed by atoms with Crippen molar-refractivity contribution in [3.8, 4) is 6.07 Å². The molecule has 74 valence electrons. The third kappa shape index (κ3) is 2.22. The van der Waals surface area contributed by atoms with Crippen LogP contribution in [0.5, 0.6) is 0 Å². The minimum atomic E-state index is -0.587. The topological polar surface area (TPSA) is 49.8 Å². The van der Waals surface area contributed by atoms with Gasteiger partial charge in [-0.15, -0.1) is 0 Å². The standard InChI is InChI=1S/C10H10ClFN2/c1-6-4-7(10(14)2-3-13)9(12)5-8(6)11/h4-5,10H,2,14H2,1H3/t10-/m1/s1. The fraction of sp³-hybridized carbons (Fsp3) is 0.300. The molecule has 0 saturated heterocycles. The van der Waals surface area contributed by atoms with Gasteiger partial charge in [-0.05, 0) is 18.6 Å². The van der Waals surface area contributed by atoms with Gasteiger partial charge in [0.05, 0.1) is 12.5 Å². The average molecular weight is 213 g/mol. The van der Waals surface area contributed by atoms with Gasteiger partial charge in [0.2, 0.25) is 0 Å². The van der Waals surface area contributed by atoms with Crippen LogP contribution in [-0.4, -0.2) is 0 Å². The van der Waals surface area contributed by atoms with Crippen molar-refractivity contribution in [2.75, 3.05) is 0 Å². The minimum absolute atomic E-state index is 0.0952. The number of hydrogen-bond donors (Lipinski definition) is 1. The fourth-order valence-corrected chi connectivity index (χ4v) is 1.32. The Morgan fingerprint density at radius 1 is 1.64 bits per heavy atom. The van der Waals surface area contributed by atoms with E-state index in [0.29, 0.717) is 10.6 Å². The Morgan fingerprint density at radius 3 is 2.86 bits per heavy atom. The summed E-state index contributed by atoms with van der Waals surface area (Å²) in [6.45, 7) is 1.77. The predicted octanol–water partition coefficient (Wildman–Crippen LogP) is 2.70. The zero-order chi connectivity index (χ0) is 10.7. The molecular weight excluding hydrogens is 203 g/mol. The van der Waals surface area contributed by atoms with E-state index in [1.807, 2.05) is 6.07 Å². The van der Waals surface area contributed by atoms with Crippen molar-refractivity contribution >= 4 is 11.6 Å². The lowest BCUT2D eigenvalue weighted by atomic mass is 10.0. The first-order valence-electron chi connectivity index (χ1n) is 4.14. The van der Waals surface area contributed by atoms with Gasteiger partial charge in [-0.2, -0.15) is 5.26 Å². The van der Waals surface area contributed by atoms with Crippen LogP contribution in [0.25, 0.3) is 0 Å². The first-order chi connectivity index (χ1) is 6.56. The summed E-state index contributed by atoms with van der Waals surface area (Å²) in [6, 6.07) is 4.12. The second-order valence-electron chi connectivity index (χ2n) is 3.09. The van der Waals surface area contributed by atoms with Crippen molar-refractivity contribution in [2.24, 2.45) is 5.73 Å². The van der Waals surface area contributed by atoms with Crippen LogP contribution in [-0.2, 0) is 0 Å². The van der Waals surface area contributed by atoms with Crippen LogP contribution < -0.4 is 5.73 Å². The zero-order valence-electron chi connectivity index (χ0n) is 7.72. The molecule has 0 radical (unpaired) electrons. The maximum absolute atomic E-state index is 13.3. The summed E-state index contributed by atoms with van der Waals surface area (Å²) < 4.78 is 13.3. The predicted molar refractivity (Wildman–Crippen MR) is 53.3 cm³/mol. The van der Waals surface area contributed by atoms with E-state index in [1.54, 1.807) is 13.0 Å². The van der Waals surface area contributed by atoms with Crippen LogP contribution in [0.4, 0.5) is 4.39 Å². The Bertz CT molecular complexity index is 384. The van der Waals surface area contributed by atoms with E-state index >= 15 is 0 Å². The number of hydrogen-bond acceptors (Lipinski definition) is 2. The molecule has 0 amide bonds. The lowest BCUT2D eigenvalue weighted by Gasteiger charge is -2.10. The second kappa shape index (κ2) is 4.41. The number of nitrogens with zero attached hydrogens (tertiary/aromatic N) is 1. The number of nitrogens with two attached hydrogens (primary N) is 1. The molecule has 0 heterocycles. The summed E-state index contributed by atoms with van der Waals surface area (Å²) >= 11 is 5.72. The van der Waals surface area contributed by atoms with E-state index in [0.717, 1.165) is 5.56 Å². The first kappa shape index (κ1) is 11.0. The van der Waals surface area contributed by atoms with Crippen molar-refractivity contribution in [1.82, 2.24) is 0 Å². The molecule has 2 nitrogen and oxygen atoms in total. The summed E-state index contributed by atoms with van der Waals surface area (Å²) in [5.74, 6) is -0.455. The maximum atomic E-state index is 13.3. The molecule has 1 aromatic carbocycles. The largest absolute Gasteiger partial charge is 0.323 e. The van der Waals surface area contributed by atoms with Gasteiger partial charge < -0.3 is 5.73 Å². The molecular formula is C10H10ClFN2. The lowest BCUT2D eigenvalue weighted by molar-refractivity contribution is 0.584. The monoisotopic (exact) mass is 212 g/mol. The Hall–Kier alpha value is -1.11. The highest BCUT2D eigenvalue weighted by atomic mass is 35.5. The van der Waals surface area contributed by atoms with E-state index < -0.39 is 11.9 Å². The van der Waals surface area contributed by atoms with Crippen LogP contribution in [0, 0.1) is 24.1 Å². The van der Waals surface area contributed by atoms with E-state index in [-0.39, 0.29) is 6.42 Å². The molecule has 0 aliphatic carbocycles. The van der Waals surface area contributed by atoms with Gasteiger partial charge in [0, 0.05) is 16.6 Å². The molecule has 1 atom stereocenters.